The van der Waals surface area contributed by atoms with E-state index < -0.39 is 0 Å². The number of nitrogens with one attached hydrogen (secondary N) is 2. The highest BCUT2D eigenvalue weighted by Gasteiger charge is 1.94. The van der Waals surface area contributed by atoms with Crippen molar-refractivity contribution in [2.75, 3.05) is 26.4 Å². The van der Waals surface area contributed by atoms with Crippen LogP contribution in [0.15, 0.2) is 9.98 Å². The largest absolute Gasteiger partial charge is 0.377 e. The molecule has 0 aromatic rings. The van der Waals surface area contributed by atoms with Gasteiger partial charge < -0.3 is 20.9 Å². The summed E-state index contributed by atoms with van der Waals surface area (Å²) < 4.78 is 9.89. The quantitative estimate of drug-likeness (QED) is 0.228. The third-order valence-electron chi connectivity index (χ3n) is 1.91. The van der Waals surface area contributed by atoms with Crippen molar-refractivity contribution in [3.8, 4) is 12.4 Å². The van der Waals surface area contributed by atoms with Crippen LogP contribution in [0.4, 0.5) is 0 Å². The van der Waals surface area contributed by atoms with Crippen LogP contribution in [-0.2, 0) is 9.47 Å². The van der Waals surface area contributed by atoms with Crippen LogP contribution in [0, 0.1) is 22.9 Å². The molecular weight excluding hydrogens is 312 g/mol. The second-order valence-electron chi connectivity index (χ2n) is 4.91. The van der Waals surface area contributed by atoms with Crippen molar-refractivity contribution in [1.82, 2.24) is 10.6 Å². The zero-order valence-corrected chi connectivity index (χ0v) is 14.7. The van der Waals surface area contributed by atoms with Gasteiger partial charge in [-0.3, -0.25) is 10.6 Å². The van der Waals surface area contributed by atoms with E-state index in [4.69, 9.17) is 31.5 Å². The summed E-state index contributed by atoms with van der Waals surface area (Å²) in [6.07, 6.45) is 3.33. The summed E-state index contributed by atoms with van der Waals surface area (Å²) in [7, 11) is 0. The standard InChI is InChI=1S/2C5H10N4.C4H8O2/c2*1-4(2)9-5(7)8-3-6;1-2-6-4-3-5-1/h2*4H,1-2H3,(H3,7,8,9);1-4H2. The zero-order valence-electron chi connectivity index (χ0n) is 14.7. The molecule has 1 saturated heterocycles. The highest BCUT2D eigenvalue weighted by atomic mass is 16.6. The van der Waals surface area contributed by atoms with E-state index in [0.29, 0.717) is 0 Å². The molecule has 136 valence electrons. The van der Waals surface area contributed by atoms with Crippen LogP contribution in [0.25, 0.3) is 0 Å². The van der Waals surface area contributed by atoms with Crippen LogP contribution < -0.4 is 22.1 Å². The fourth-order valence-corrected chi connectivity index (χ4v) is 1.18. The minimum absolute atomic E-state index is 0.130. The lowest BCUT2D eigenvalue weighted by Gasteiger charge is -2.09. The number of nitrogens with two attached hydrogens (primary N) is 2. The van der Waals surface area contributed by atoms with Crippen LogP contribution in [0.1, 0.15) is 27.7 Å². The predicted octanol–water partition coefficient (Wildman–Crippen LogP) is -0.406. The van der Waals surface area contributed by atoms with Crippen LogP contribution in [0.5, 0.6) is 0 Å². The Kier molecular flexibility index (Phi) is 16.6. The Balaban J connectivity index is 0. The minimum Gasteiger partial charge on any atom is -0.377 e. The molecule has 24 heavy (non-hydrogen) atoms. The maximum atomic E-state index is 8.03. The molecule has 1 rings (SSSR count). The Hall–Kier alpha value is -2.56. The van der Waals surface area contributed by atoms with Crippen LogP contribution in [0.2, 0.25) is 0 Å². The van der Waals surface area contributed by atoms with Gasteiger partial charge in [-0.15, -0.1) is 0 Å². The monoisotopic (exact) mass is 340 g/mol. The van der Waals surface area contributed by atoms with Gasteiger partial charge in [-0.2, -0.15) is 10.5 Å². The second-order valence-corrected chi connectivity index (χ2v) is 4.91. The van der Waals surface area contributed by atoms with Crippen molar-refractivity contribution in [3.05, 3.63) is 0 Å². The Morgan fingerprint density at radius 2 is 1.12 bits per heavy atom. The number of aliphatic imine (C=N–C) groups is 2. The normalized spacial score (nSPS) is 14.3. The molecule has 0 amide bonds. The van der Waals surface area contributed by atoms with Gasteiger partial charge in [0.25, 0.3) is 0 Å². The molecule has 0 aromatic carbocycles. The zero-order chi connectivity index (χ0) is 18.8. The van der Waals surface area contributed by atoms with Crippen LogP contribution in [-0.4, -0.2) is 50.4 Å². The summed E-state index contributed by atoms with van der Waals surface area (Å²) in [6.45, 7) is 10.6. The summed E-state index contributed by atoms with van der Waals surface area (Å²) in [5.41, 5.74) is 10.4. The molecule has 0 saturated carbocycles. The van der Waals surface area contributed by atoms with Crippen molar-refractivity contribution in [2.45, 2.75) is 39.8 Å². The van der Waals surface area contributed by atoms with Crippen molar-refractivity contribution in [3.63, 3.8) is 0 Å². The Morgan fingerprint density at radius 1 is 0.833 bits per heavy atom. The Labute approximate surface area is 143 Å². The Morgan fingerprint density at radius 3 is 1.29 bits per heavy atom. The smallest absolute Gasteiger partial charge is 0.202 e. The lowest BCUT2D eigenvalue weighted by Crippen LogP contribution is -2.28. The van der Waals surface area contributed by atoms with E-state index in [1.807, 2.05) is 27.7 Å². The van der Waals surface area contributed by atoms with E-state index in [9.17, 15) is 0 Å². The number of guanidine groups is 2. The lowest BCUT2D eigenvalue weighted by atomic mass is 10.4. The van der Waals surface area contributed by atoms with Gasteiger partial charge >= 0.3 is 0 Å². The van der Waals surface area contributed by atoms with E-state index in [-0.39, 0.29) is 24.0 Å². The van der Waals surface area contributed by atoms with Gasteiger partial charge in [-0.05, 0) is 27.7 Å². The number of nitriles is 2. The average Bonchev–Trinajstić information content (AvgIpc) is 2.49. The van der Waals surface area contributed by atoms with Crippen molar-refractivity contribution < 1.29 is 9.47 Å². The number of hydrogen-bond donors (Lipinski definition) is 4. The van der Waals surface area contributed by atoms with Gasteiger partial charge in [-0.1, -0.05) is 0 Å². The van der Waals surface area contributed by atoms with Crippen LogP contribution in [0.3, 0.4) is 0 Å². The van der Waals surface area contributed by atoms with Gasteiger partial charge in [0.1, 0.15) is 0 Å². The van der Waals surface area contributed by atoms with E-state index in [1.54, 1.807) is 12.4 Å². The molecule has 1 heterocycles. The molecule has 10 nitrogen and oxygen atoms in total. The SMILES string of the molecule is C1COCCO1.CC(C)N=C(N)NC#N.CC(C)N=C(N)NC#N. The first kappa shape index (κ1) is 23.7. The summed E-state index contributed by atoms with van der Waals surface area (Å²) >= 11 is 0. The third-order valence-corrected chi connectivity index (χ3v) is 1.91. The first-order valence-electron chi connectivity index (χ1n) is 7.45. The molecule has 10 heteroatoms. The summed E-state index contributed by atoms with van der Waals surface area (Å²) in [4.78, 5) is 7.66. The van der Waals surface area contributed by atoms with Crippen LogP contribution >= 0.6 is 0 Å². The number of hydrogen-bond acceptors (Lipinski definition) is 6. The molecule has 0 radical (unpaired) electrons. The first-order chi connectivity index (χ1) is 11.3. The molecule has 0 bridgehead atoms. The van der Waals surface area contributed by atoms with Gasteiger partial charge in [0.15, 0.2) is 12.4 Å². The summed E-state index contributed by atoms with van der Waals surface area (Å²) in [5.74, 6) is 0.347. The number of nitrogens with zero attached hydrogens (tertiary/aromatic N) is 4. The fourth-order valence-electron chi connectivity index (χ4n) is 1.18. The molecule has 0 unspecified atom stereocenters. The Bertz CT molecular complexity index is 397. The summed E-state index contributed by atoms with van der Waals surface area (Å²) in [6, 6.07) is 0.261. The highest BCUT2D eigenvalue weighted by molar-refractivity contribution is 5.79. The fraction of sp³-hybridized carbons (Fsp3) is 0.714. The number of ether oxygens (including phenoxy) is 2. The maximum absolute atomic E-state index is 8.03. The molecule has 1 aliphatic heterocycles. The molecule has 0 aliphatic carbocycles. The van der Waals surface area contributed by atoms with E-state index >= 15 is 0 Å². The molecule has 0 atom stereocenters. The van der Waals surface area contributed by atoms with E-state index in [1.165, 1.54) is 0 Å². The second kappa shape index (κ2) is 16.8. The minimum atomic E-state index is 0.130. The van der Waals surface area contributed by atoms with Gasteiger partial charge in [0.2, 0.25) is 11.9 Å². The molecule has 0 aromatic heterocycles. The van der Waals surface area contributed by atoms with Gasteiger partial charge in [-0.25, -0.2) is 9.98 Å². The third kappa shape index (κ3) is 21.7. The van der Waals surface area contributed by atoms with E-state index in [2.05, 4.69) is 20.6 Å². The molecule has 6 N–H and O–H groups in total. The van der Waals surface area contributed by atoms with Crippen molar-refractivity contribution in [1.29, 1.82) is 10.5 Å². The maximum Gasteiger partial charge on any atom is 0.202 e. The van der Waals surface area contributed by atoms with Crippen molar-refractivity contribution in [2.24, 2.45) is 21.5 Å². The predicted molar refractivity (Wildman–Crippen MR) is 92.7 cm³/mol. The first-order valence-corrected chi connectivity index (χ1v) is 7.45. The van der Waals surface area contributed by atoms with E-state index in [0.717, 1.165) is 26.4 Å². The number of rotatable bonds is 2. The van der Waals surface area contributed by atoms with Gasteiger partial charge in [0, 0.05) is 12.1 Å². The molecular formula is C14H28N8O2. The van der Waals surface area contributed by atoms with Gasteiger partial charge in [0.05, 0.1) is 26.4 Å². The lowest BCUT2D eigenvalue weighted by molar-refractivity contribution is -0.0334. The molecule has 1 fully saturated rings. The topological polar surface area (TPSA) is 167 Å². The average molecular weight is 340 g/mol. The molecule has 1 aliphatic rings. The summed E-state index contributed by atoms with van der Waals surface area (Å²) in [5, 5.41) is 20.5. The molecule has 0 spiro atoms. The van der Waals surface area contributed by atoms with Crippen molar-refractivity contribution >= 4 is 11.9 Å². The highest BCUT2D eigenvalue weighted by Crippen LogP contribution is 1.85.